The molecule has 1 aliphatic heterocycles. The molecule has 1 atom stereocenters. The highest BCUT2D eigenvalue weighted by Gasteiger charge is 2.40. The average Bonchev–Trinajstić information content (AvgIpc) is 3.83. The first-order chi connectivity index (χ1) is 31.1. The van der Waals surface area contributed by atoms with Gasteiger partial charge in [0.1, 0.15) is 0 Å². The Hall–Kier alpha value is -7.84. The largest absolute Gasteiger partial charge is 0.309 e. The van der Waals surface area contributed by atoms with Gasteiger partial charge in [0.2, 0.25) is 0 Å². The van der Waals surface area contributed by atoms with Gasteiger partial charge in [0.15, 0.2) is 7.14 Å². The number of rotatable bonds is 7. The van der Waals surface area contributed by atoms with Crippen molar-refractivity contribution >= 4 is 44.9 Å². The highest BCUT2D eigenvalue weighted by atomic mass is 31.2. The summed E-state index contributed by atoms with van der Waals surface area (Å²) in [6, 6.07) is 83.0. The van der Waals surface area contributed by atoms with Crippen molar-refractivity contribution in [3.05, 3.63) is 237 Å². The Morgan fingerprint density at radius 1 is 0.333 bits per heavy atom. The Kier molecular flexibility index (Phi) is 8.78. The summed E-state index contributed by atoms with van der Waals surface area (Å²) in [5.41, 5.74) is 16.2. The first kappa shape index (κ1) is 37.0. The topological polar surface area (TPSA) is 34.9 Å². The van der Waals surface area contributed by atoms with Gasteiger partial charge in [0.05, 0.1) is 22.4 Å². The number of nitrogens with zero attached hydrogens (tertiary/aromatic N) is 2. The molecule has 0 N–H and O–H groups in total. The van der Waals surface area contributed by atoms with Crippen molar-refractivity contribution in [1.82, 2.24) is 9.55 Å². The summed E-state index contributed by atoms with van der Waals surface area (Å²) in [6.45, 7) is 0. The van der Waals surface area contributed by atoms with Gasteiger partial charge in [-0.3, -0.25) is 0 Å². The molecule has 0 amide bonds. The lowest BCUT2D eigenvalue weighted by Crippen LogP contribution is -2.20. The summed E-state index contributed by atoms with van der Waals surface area (Å²) < 4.78 is 17.8. The van der Waals surface area contributed by atoms with E-state index in [0.29, 0.717) is 0 Å². The molecule has 0 aliphatic carbocycles. The number of aromatic nitrogens is 2. The summed E-state index contributed by atoms with van der Waals surface area (Å²) in [4.78, 5) is 5.28. The van der Waals surface area contributed by atoms with E-state index in [1.807, 2.05) is 54.6 Å². The van der Waals surface area contributed by atoms with Crippen molar-refractivity contribution in [2.45, 2.75) is 0 Å². The fraction of sp³-hybridized carbons (Fsp3) is 0. The van der Waals surface area contributed by atoms with Gasteiger partial charge < -0.3 is 9.13 Å². The molecule has 1 unspecified atom stereocenters. The zero-order chi connectivity index (χ0) is 41.9. The molecular formula is C59H39N2OP. The molecule has 0 saturated heterocycles. The van der Waals surface area contributed by atoms with Crippen LogP contribution in [-0.2, 0) is 4.57 Å². The van der Waals surface area contributed by atoms with E-state index < -0.39 is 7.14 Å². The molecule has 2 aromatic heterocycles. The smallest absolute Gasteiger partial charge is 0.172 e. The minimum absolute atomic E-state index is 0.866. The Morgan fingerprint density at radius 2 is 0.810 bits per heavy atom. The second kappa shape index (κ2) is 15.0. The molecular weight excluding hydrogens is 784 g/mol. The van der Waals surface area contributed by atoms with Crippen molar-refractivity contribution in [2.75, 3.05) is 0 Å². The summed E-state index contributed by atoms with van der Waals surface area (Å²) in [5, 5.41) is 4.92. The molecule has 3 nitrogen and oxygen atoms in total. The molecule has 296 valence electrons. The second-order valence-corrected chi connectivity index (χ2v) is 19.0. The van der Waals surface area contributed by atoms with Crippen LogP contribution in [0.25, 0.3) is 94.5 Å². The van der Waals surface area contributed by atoms with Crippen LogP contribution in [0.2, 0.25) is 0 Å². The summed E-state index contributed by atoms with van der Waals surface area (Å²) in [6.07, 6.45) is 0. The molecule has 0 radical (unpaired) electrons. The molecule has 11 aromatic rings. The molecule has 3 heterocycles. The first-order valence-corrected chi connectivity index (χ1v) is 23.1. The van der Waals surface area contributed by atoms with Crippen LogP contribution in [0.15, 0.2) is 237 Å². The van der Waals surface area contributed by atoms with Crippen LogP contribution in [0.1, 0.15) is 0 Å². The van der Waals surface area contributed by atoms with E-state index in [-0.39, 0.29) is 0 Å². The number of fused-ring (bicyclic) bond motifs is 6. The van der Waals surface area contributed by atoms with Crippen molar-refractivity contribution in [3.63, 3.8) is 0 Å². The van der Waals surface area contributed by atoms with Gasteiger partial charge in [0.25, 0.3) is 0 Å². The quantitative estimate of drug-likeness (QED) is 0.150. The fourth-order valence-corrected chi connectivity index (χ4v) is 12.6. The second-order valence-electron chi connectivity index (χ2n) is 16.3. The monoisotopic (exact) mass is 822 g/mol. The molecule has 0 spiro atoms. The van der Waals surface area contributed by atoms with E-state index in [9.17, 15) is 0 Å². The zero-order valence-corrected chi connectivity index (χ0v) is 35.2. The van der Waals surface area contributed by atoms with E-state index in [1.165, 1.54) is 22.3 Å². The lowest BCUT2D eigenvalue weighted by molar-refractivity contribution is 0.593. The van der Waals surface area contributed by atoms with Gasteiger partial charge in [-0.1, -0.05) is 194 Å². The maximum absolute atomic E-state index is 15.5. The maximum Gasteiger partial charge on any atom is 0.172 e. The number of hydrogen-bond acceptors (Lipinski definition) is 2. The first-order valence-electron chi connectivity index (χ1n) is 21.4. The van der Waals surface area contributed by atoms with Gasteiger partial charge >= 0.3 is 0 Å². The van der Waals surface area contributed by atoms with Crippen molar-refractivity contribution < 1.29 is 4.57 Å². The minimum Gasteiger partial charge on any atom is -0.309 e. The van der Waals surface area contributed by atoms with E-state index in [1.54, 1.807) is 0 Å². The molecule has 4 heteroatoms. The van der Waals surface area contributed by atoms with Crippen LogP contribution in [0.5, 0.6) is 0 Å². The van der Waals surface area contributed by atoms with Crippen LogP contribution >= 0.6 is 7.14 Å². The predicted molar refractivity (Wildman–Crippen MR) is 264 cm³/mol. The van der Waals surface area contributed by atoms with Crippen molar-refractivity contribution in [3.8, 4) is 72.7 Å². The Labute approximate surface area is 366 Å². The minimum atomic E-state index is -3.09. The Bertz CT molecular complexity index is 3440. The molecule has 63 heavy (non-hydrogen) atoms. The summed E-state index contributed by atoms with van der Waals surface area (Å²) in [5.74, 6) is 0. The fourth-order valence-electron chi connectivity index (χ4n) is 9.50. The van der Waals surface area contributed by atoms with Gasteiger partial charge in [-0.25, -0.2) is 4.98 Å². The normalized spacial score (nSPS) is 14.2. The molecule has 0 fully saturated rings. The van der Waals surface area contributed by atoms with Crippen LogP contribution in [0.3, 0.4) is 0 Å². The third kappa shape index (κ3) is 6.20. The summed E-state index contributed by atoms with van der Waals surface area (Å²) in [7, 11) is -3.09. The van der Waals surface area contributed by atoms with Gasteiger partial charge in [-0.15, -0.1) is 0 Å². The lowest BCUT2D eigenvalue weighted by Gasteiger charge is -2.16. The van der Waals surface area contributed by atoms with Crippen molar-refractivity contribution in [1.29, 1.82) is 0 Å². The number of para-hydroxylation sites is 1. The highest BCUT2D eigenvalue weighted by Crippen LogP contribution is 2.53. The Morgan fingerprint density at radius 3 is 1.43 bits per heavy atom. The van der Waals surface area contributed by atoms with E-state index in [4.69, 9.17) is 4.98 Å². The third-order valence-corrected chi connectivity index (χ3v) is 15.8. The maximum atomic E-state index is 15.5. The predicted octanol–water partition coefficient (Wildman–Crippen LogP) is 14.1. The average molecular weight is 823 g/mol. The van der Waals surface area contributed by atoms with Crippen LogP contribution in [0.4, 0.5) is 0 Å². The number of pyridine rings is 1. The third-order valence-electron chi connectivity index (χ3n) is 12.6. The standard InChI is InChI=1S/C59H39N2OP/c62-63(49-18-8-3-9-19-49)58-23-13-11-21-51(58)53-38-57-52(39-59(53)63)50-20-10-12-22-56(50)61(57)48-34-32-44(33-35-48)47-36-54(45-28-24-42(25-29-45)40-14-4-1-5-15-40)60-55(37-47)46-30-26-43(27-31-46)41-16-6-2-7-17-41/h1-39H. The van der Waals surface area contributed by atoms with E-state index in [2.05, 4.69) is 187 Å². The highest BCUT2D eigenvalue weighted by molar-refractivity contribution is 7.86. The number of benzene rings is 9. The SMILES string of the molecule is O=P1(c2ccccc2)c2ccccc2-c2cc3c(cc21)c1ccccc1n3-c1ccc(-c2cc(-c3ccc(-c4ccccc4)cc3)nc(-c3ccc(-c4ccccc4)cc3)c2)cc1. The van der Waals surface area contributed by atoms with Crippen molar-refractivity contribution in [2.24, 2.45) is 0 Å². The molecule has 12 rings (SSSR count). The van der Waals surface area contributed by atoms with Crippen LogP contribution in [-0.4, -0.2) is 9.55 Å². The lowest BCUT2D eigenvalue weighted by atomic mass is 9.97. The van der Waals surface area contributed by atoms with E-state index >= 15 is 4.57 Å². The van der Waals surface area contributed by atoms with Gasteiger partial charge in [0, 0.05) is 43.5 Å². The number of hydrogen-bond donors (Lipinski definition) is 0. The van der Waals surface area contributed by atoms with E-state index in [0.717, 1.165) is 88.2 Å². The van der Waals surface area contributed by atoms with Crippen LogP contribution < -0.4 is 15.9 Å². The van der Waals surface area contributed by atoms with Gasteiger partial charge in [-0.05, 0) is 87.0 Å². The van der Waals surface area contributed by atoms with Gasteiger partial charge in [-0.2, -0.15) is 0 Å². The van der Waals surface area contributed by atoms with Crippen LogP contribution in [0, 0.1) is 0 Å². The summed E-state index contributed by atoms with van der Waals surface area (Å²) >= 11 is 0. The zero-order valence-electron chi connectivity index (χ0n) is 34.3. The molecule has 9 aromatic carbocycles. The Balaban J connectivity index is 0.976. The molecule has 0 bridgehead atoms. The molecule has 1 aliphatic rings. The molecule has 0 saturated carbocycles.